The van der Waals surface area contributed by atoms with Crippen LogP contribution in [0.1, 0.15) is 11.6 Å². The third-order valence-electron chi connectivity index (χ3n) is 3.61. The first-order valence-corrected chi connectivity index (χ1v) is 8.50. The zero-order valence-corrected chi connectivity index (χ0v) is 12.6. The molecule has 0 spiro atoms. The molecule has 0 bridgehead atoms. The van der Waals surface area contributed by atoms with Crippen LogP contribution in [-0.2, 0) is 10.0 Å². The lowest BCUT2D eigenvalue weighted by molar-refractivity contribution is 0.179. The topological polar surface area (TPSA) is 66.6 Å². The van der Waals surface area contributed by atoms with E-state index in [4.69, 9.17) is 5.73 Å². The molecular formula is C13H19F2N3O2S. The summed E-state index contributed by atoms with van der Waals surface area (Å²) in [4.78, 5) is 1.96. The summed E-state index contributed by atoms with van der Waals surface area (Å²) in [5.41, 5.74) is 6.08. The van der Waals surface area contributed by atoms with Crippen molar-refractivity contribution in [3.8, 4) is 0 Å². The normalized spacial score (nSPS) is 19.6. The first-order chi connectivity index (χ1) is 9.77. The molecule has 1 atom stereocenters. The monoisotopic (exact) mass is 319 g/mol. The molecule has 5 nitrogen and oxygen atoms in total. The largest absolute Gasteiger partial charge is 0.323 e. The molecule has 8 heteroatoms. The molecule has 0 radical (unpaired) electrons. The summed E-state index contributed by atoms with van der Waals surface area (Å²) >= 11 is 0. The summed E-state index contributed by atoms with van der Waals surface area (Å²) in [6.45, 7) is 2.18. The Kier molecular flexibility index (Phi) is 4.92. The average molecular weight is 319 g/mol. The van der Waals surface area contributed by atoms with Crippen LogP contribution in [0, 0.1) is 11.6 Å². The van der Waals surface area contributed by atoms with Gasteiger partial charge < -0.3 is 5.73 Å². The van der Waals surface area contributed by atoms with Crippen molar-refractivity contribution in [3.63, 3.8) is 0 Å². The molecule has 1 aromatic rings. The van der Waals surface area contributed by atoms with Crippen LogP contribution in [0.2, 0.25) is 0 Å². The predicted octanol–water partition coefficient (Wildman–Crippen LogP) is 0.542. The number of sulfonamides is 1. The van der Waals surface area contributed by atoms with E-state index >= 15 is 0 Å². The molecule has 0 amide bonds. The van der Waals surface area contributed by atoms with Crippen LogP contribution >= 0.6 is 0 Å². The molecule has 0 aromatic heterocycles. The van der Waals surface area contributed by atoms with Gasteiger partial charge >= 0.3 is 0 Å². The Labute approximate surface area is 123 Å². The summed E-state index contributed by atoms with van der Waals surface area (Å²) < 4.78 is 51.0. The van der Waals surface area contributed by atoms with Crippen LogP contribution < -0.4 is 5.73 Å². The molecule has 0 saturated carbocycles. The minimum Gasteiger partial charge on any atom is -0.323 e. The smallest absolute Gasteiger partial charge is 0.211 e. The van der Waals surface area contributed by atoms with Gasteiger partial charge in [-0.3, -0.25) is 4.90 Å². The van der Waals surface area contributed by atoms with Gasteiger partial charge in [-0.05, 0) is 18.2 Å². The zero-order chi connectivity index (χ0) is 15.6. The lowest BCUT2D eigenvalue weighted by Crippen LogP contribution is -2.49. The average Bonchev–Trinajstić information content (AvgIpc) is 2.41. The van der Waals surface area contributed by atoms with Crippen LogP contribution in [0.25, 0.3) is 0 Å². The van der Waals surface area contributed by atoms with E-state index in [0.29, 0.717) is 32.7 Å². The summed E-state index contributed by atoms with van der Waals surface area (Å²) in [6.07, 6.45) is 1.18. The Balaban J connectivity index is 1.96. The number of hydrogen-bond acceptors (Lipinski definition) is 4. The van der Waals surface area contributed by atoms with Crippen molar-refractivity contribution in [2.75, 3.05) is 39.0 Å². The summed E-state index contributed by atoms with van der Waals surface area (Å²) in [5.74, 6) is -1.05. The van der Waals surface area contributed by atoms with Crippen LogP contribution in [0.5, 0.6) is 0 Å². The fraction of sp³-hybridized carbons (Fsp3) is 0.538. The molecule has 1 saturated heterocycles. The molecular weight excluding hydrogens is 300 g/mol. The molecule has 0 aliphatic carbocycles. The summed E-state index contributed by atoms with van der Waals surface area (Å²) in [5, 5.41) is 0. The third-order valence-corrected chi connectivity index (χ3v) is 4.92. The Morgan fingerprint density at radius 2 is 1.86 bits per heavy atom. The number of hydrogen-bond donors (Lipinski definition) is 1. The van der Waals surface area contributed by atoms with E-state index in [1.165, 1.54) is 10.6 Å². The van der Waals surface area contributed by atoms with Gasteiger partial charge in [-0.25, -0.2) is 17.2 Å². The Hall–Kier alpha value is -1.09. The summed E-state index contributed by atoms with van der Waals surface area (Å²) in [7, 11) is -3.18. The van der Waals surface area contributed by atoms with Gasteiger partial charge in [0.2, 0.25) is 10.0 Å². The Morgan fingerprint density at radius 3 is 2.43 bits per heavy atom. The van der Waals surface area contributed by atoms with Crippen LogP contribution in [0.15, 0.2) is 18.2 Å². The predicted molar refractivity (Wildman–Crippen MR) is 76.1 cm³/mol. The first-order valence-electron chi connectivity index (χ1n) is 6.65. The van der Waals surface area contributed by atoms with Crippen LogP contribution in [0.3, 0.4) is 0 Å². The highest BCUT2D eigenvalue weighted by atomic mass is 32.2. The van der Waals surface area contributed by atoms with E-state index in [2.05, 4.69) is 0 Å². The van der Waals surface area contributed by atoms with Gasteiger partial charge in [-0.2, -0.15) is 4.31 Å². The SMILES string of the molecule is CS(=O)(=O)N1CCN(CC(N)c2cc(F)ccc2F)CC1. The highest BCUT2D eigenvalue weighted by Crippen LogP contribution is 2.18. The number of halogens is 2. The molecule has 1 unspecified atom stereocenters. The molecule has 1 aliphatic heterocycles. The fourth-order valence-corrected chi connectivity index (χ4v) is 3.25. The number of nitrogens with zero attached hydrogens (tertiary/aromatic N) is 2. The second-order valence-corrected chi connectivity index (χ2v) is 7.22. The molecule has 1 aromatic carbocycles. The van der Waals surface area contributed by atoms with Crippen molar-refractivity contribution >= 4 is 10.0 Å². The number of nitrogens with two attached hydrogens (primary N) is 1. The number of piperazine rings is 1. The minimum atomic E-state index is -3.18. The van der Waals surface area contributed by atoms with Gasteiger partial charge in [0, 0.05) is 44.3 Å². The maximum Gasteiger partial charge on any atom is 0.211 e. The van der Waals surface area contributed by atoms with Crippen molar-refractivity contribution < 1.29 is 17.2 Å². The zero-order valence-electron chi connectivity index (χ0n) is 11.8. The minimum absolute atomic E-state index is 0.139. The Morgan fingerprint density at radius 1 is 1.24 bits per heavy atom. The van der Waals surface area contributed by atoms with E-state index in [-0.39, 0.29) is 5.56 Å². The maximum absolute atomic E-state index is 13.6. The molecule has 2 N–H and O–H groups in total. The summed E-state index contributed by atoms with van der Waals surface area (Å²) in [6, 6.07) is 2.57. The van der Waals surface area contributed by atoms with Crippen molar-refractivity contribution in [2.45, 2.75) is 6.04 Å². The van der Waals surface area contributed by atoms with Gasteiger partial charge in [0.25, 0.3) is 0 Å². The Bertz CT molecular complexity index is 601. The first kappa shape index (κ1) is 16.3. The van der Waals surface area contributed by atoms with Crippen LogP contribution in [0.4, 0.5) is 8.78 Å². The molecule has 2 rings (SSSR count). The van der Waals surface area contributed by atoms with Gasteiger partial charge in [0.15, 0.2) is 0 Å². The van der Waals surface area contributed by atoms with E-state index in [1.54, 1.807) is 0 Å². The quantitative estimate of drug-likeness (QED) is 0.880. The van der Waals surface area contributed by atoms with Crippen molar-refractivity contribution in [2.24, 2.45) is 5.73 Å². The highest BCUT2D eigenvalue weighted by Gasteiger charge is 2.25. The van der Waals surface area contributed by atoms with Crippen molar-refractivity contribution in [3.05, 3.63) is 35.4 Å². The van der Waals surface area contributed by atoms with Gasteiger partial charge in [-0.15, -0.1) is 0 Å². The highest BCUT2D eigenvalue weighted by molar-refractivity contribution is 7.88. The second-order valence-electron chi connectivity index (χ2n) is 5.23. The molecule has 1 aliphatic rings. The molecule has 1 heterocycles. The molecule has 21 heavy (non-hydrogen) atoms. The molecule has 1 fully saturated rings. The van der Waals surface area contributed by atoms with E-state index < -0.39 is 27.7 Å². The van der Waals surface area contributed by atoms with E-state index in [0.717, 1.165) is 18.2 Å². The van der Waals surface area contributed by atoms with Crippen molar-refractivity contribution in [1.29, 1.82) is 0 Å². The van der Waals surface area contributed by atoms with Crippen LogP contribution in [-0.4, -0.2) is 56.6 Å². The fourth-order valence-electron chi connectivity index (χ4n) is 2.42. The van der Waals surface area contributed by atoms with E-state index in [9.17, 15) is 17.2 Å². The third kappa shape index (κ3) is 4.19. The van der Waals surface area contributed by atoms with Gasteiger partial charge in [-0.1, -0.05) is 0 Å². The maximum atomic E-state index is 13.6. The van der Waals surface area contributed by atoms with Gasteiger partial charge in [0.1, 0.15) is 11.6 Å². The van der Waals surface area contributed by atoms with Crippen molar-refractivity contribution in [1.82, 2.24) is 9.21 Å². The van der Waals surface area contributed by atoms with E-state index in [1.807, 2.05) is 4.90 Å². The number of benzene rings is 1. The number of rotatable bonds is 4. The van der Waals surface area contributed by atoms with Gasteiger partial charge in [0.05, 0.1) is 6.26 Å². The second kappa shape index (κ2) is 6.35. The lowest BCUT2D eigenvalue weighted by atomic mass is 10.1. The standard InChI is InChI=1S/C13H19F2N3O2S/c1-21(19,20)18-6-4-17(5-7-18)9-13(16)11-8-10(14)2-3-12(11)15/h2-3,8,13H,4-7,9,16H2,1H3. The lowest BCUT2D eigenvalue weighted by Gasteiger charge is -2.34. The molecule has 118 valence electrons.